The van der Waals surface area contributed by atoms with Gasteiger partial charge in [0.1, 0.15) is 12.7 Å². The maximum atomic E-state index is 11.8. The highest BCUT2D eigenvalue weighted by Crippen LogP contribution is 2.73. The van der Waals surface area contributed by atoms with Crippen LogP contribution in [0.15, 0.2) is 0 Å². The molecule has 0 heterocycles. The fourth-order valence-corrected chi connectivity index (χ4v) is 8.66. The lowest BCUT2D eigenvalue weighted by Gasteiger charge is -2.65. The summed E-state index contributed by atoms with van der Waals surface area (Å²) in [5, 5.41) is 11.1. The summed E-state index contributed by atoms with van der Waals surface area (Å²) in [5.74, 6) is 0.815. The van der Waals surface area contributed by atoms with Gasteiger partial charge in [-0.2, -0.15) is 0 Å². The number of carbonyl (C=O) groups excluding carboxylic acids is 2. The zero-order valence-corrected chi connectivity index (χ0v) is 18.8. The number of ether oxygens (including phenoxy) is 2. The van der Waals surface area contributed by atoms with Gasteiger partial charge in [-0.1, -0.05) is 13.8 Å². The van der Waals surface area contributed by atoms with E-state index in [1.807, 2.05) is 6.92 Å². The molecular formula is C24H38O5. The Morgan fingerprint density at radius 1 is 0.966 bits per heavy atom. The highest BCUT2D eigenvalue weighted by atomic mass is 16.6. The summed E-state index contributed by atoms with van der Waals surface area (Å²) in [4.78, 5) is 23.5. The molecular weight excluding hydrogens is 368 g/mol. The standard InChI is InChI=1S/C24H38O5/c1-15(25)28-14-22(4)18-8-11-24-12-17(23(5,27)13-24)6-7-19(24)21(18,3)10-9-20(22)29-16(2)26/h17-20,27H,6-14H2,1-5H3/t17-,18+,19+,20-,21-,22-,23-,24+/m1/s1. The molecule has 4 aliphatic carbocycles. The van der Waals surface area contributed by atoms with Crippen LogP contribution in [0.25, 0.3) is 0 Å². The first-order chi connectivity index (χ1) is 13.4. The number of hydrogen-bond donors (Lipinski definition) is 1. The molecule has 1 N–H and O–H groups in total. The third-order valence-electron chi connectivity index (χ3n) is 9.68. The smallest absolute Gasteiger partial charge is 0.302 e. The van der Waals surface area contributed by atoms with Gasteiger partial charge in [0.05, 0.1) is 5.60 Å². The van der Waals surface area contributed by atoms with Gasteiger partial charge in [0, 0.05) is 19.3 Å². The summed E-state index contributed by atoms with van der Waals surface area (Å²) in [7, 11) is 0. The molecule has 4 saturated carbocycles. The van der Waals surface area contributed by atoms with E-state index in [1.165, 1.54) is 20.3 Å². The number of carbonyl (C=O) groups is 2. The van der Waals surface area contributed by atoms with Gasteiger partial charge in [0.25, 0.3) is 0 Å². The first-order valence-corrected chi connectivity index (χ1v) is 11.5. The lowest BCUT2D eigenvalue weighted by molar-refractivity contribution is -0.214. The van der Waals surface area contributed by atoms with Crippen LogP contribution < -0.4 is 0 Å². The predicted molar refractivity (Wildman–Crippen MR) is 109 cm³/mol. The number of hydrogen-bond acceptors (Lipinski definition) is 5. The van der Waals surface area contributed by atoms with Crippen molar-refractivity contribution in [3.05, 3.63) is 0 Å². The van der Waals surface area contributed by atoms with Gasteiger partial charge in [-0.25, -0.2) is 0 Å². The van der Waals surface area contributed by atoms with E-state index in [-0.39, 0.29) is 34.3 Å². The molecule has 0 aromatic carbocycles. The van der Waals surface area contributed by atoms with Crippen molar-refractivity contribution in [2.75, 3.05) is 6.61 Å². The third kappa shape index (κ3) is 3.14. The first-order valence-electron chi connectivity index (χ1n) is 11.5. The van der Waals surface area contributed by atoms with E-state index in [4.69, 9.17) is 9.47 Å². The van der Waals surface area contributed by atoms with Crippen molar-refractivity contribution in [1.82, 2.24) is 0 Å². The van der Waals surface area contributed by atoms with E-state index in [0.717, 1.165) is 44.9 Å². The normalized spacial score (nSPS) is 51.0. The van der Waals surface area contributed by atoms with Gasteiger partial charge < -0.3 is 14.6 Å². The number of aliphatic hydroxyl groups is 1. The molecule has 0 unspecified atom stereocenters. The molecule has 0 radical (unpaired) electrons. The molecule has 2 bridgehead atoms. The third-order valence-corrected chi connectivity index (χ3v) is 9.68. The van der Waals surface area contributed by atoms with Crippen LogP contribution in [-0.2, 0) is 19.1 Å². The molecule has 164 valence electrons. The van der Waals surface area contributed by atoms with Crippen LogP contribution in [0.1, 0.15) is 86.0 Å². The number of rotatable bonds is 3. The molecule has 0 aliphatic heterocycles. The zero-order chi connectivity index (χ0) is 21.2. The molecule has 5 nitrogen and oxygen atoms in total. The van der Waals surface area contributed by atoms with Crippen molar-refractivity contribution in [3.8, 4) is 0 Å². The molecule has 4 fully saturated rings. The van der Waals surface area contributed by atoms with Crippen LogP contribution in [0.5, 0.6) is 0 Å². The molecule has 1 spiro atoms. The summed E-state index contributed by atoms with van der Waals surface area (Å²) >= 11 is 0. The van der Waals surface area contributed by atoms with E-state index >= 15 is 0 Å². The predicted octanol–water partition coefficient (Wildman–Crippen LogP) is 4.26. The Bertz CT molecular complexity index is 701. The van der Waals surface area contributed by atoms with Crippen molar-refractivity contribution in [1.29, 1.82) is 0 Å². The fourth-order valence-electron chi connectivity index (χ4n) is 8.66. The Balaban J connectivity index is 1.68. The van der Waals surface area contributed by atoms with E-state index in [2.05, 4.69) is 13.8 Å². The average molecular weight is 407 g/mol. The first kappa shape index (κ1) is 21.1. The van der Waals surface area contributed by atoms with Crippen molar-refractivity contribution >= 4 is 11.9 Å². The minimum absolute atomic E-state index is 0.120. The summed E-state index contributed by atoms with van der Waals surface area (Å²) in [5.41, 5.74) is -0.540. The Labute approximate surface area is 174 Å². The van der Waals surface area contributed by atoms with Gasteiger partial charge in [0.2, 0.25) is 0 Å². The van der Waals surface area contributed by atoms with Gasteiger partial charge in [-0.3, -0.25) is 9.59 Å². The maximum Gasteiger partial charge on any atom is 0.302 e. The van der Waals surface area contributed by atoms with Crippen LogP contribution in [0.2, 0.25) is 0 Å². The van der Waals surface area contributed by atoms with Crippen LogP contribution >= 0.6 is 0 Å². The Hall–Kier alpha value is -1.10. The van der Waals surface area contributed by atoms with E-state index < -0.39 is 5.60 Å². The Morgan fingerprint density at radius 3 is 2.34 bits per heavy atom. The second-order valence-electron chi connectivity index (χ2n) is 11.4. The topological polar surface area (TPSA) is 72.8 Å². The van der Waals surface area contributed by atoms with E-state index in [0.29, 0.717) is 24.4 Å². The number of esters is 2. The van der Waals surface area contributed by atoms with E-state index in [1.54, 1.807) is 0 Å². The average Bonchev–Trinajstić information content (AvgIpc) is 2.80. The van der Waals surface area contributed by atoms with Crippen LogP contribution in [0, 0.1) is 34.0 Å². The summed E-state index contributed by atoms with van der Waals surface area (Å²) in [6.45, 7) is 9.88. The number of fused-ring (bicyclic) bond motifs is 3. The summed E-state index contributed by atoms with van der Waals surface area (Å²) < 4.78 is 11.3. The summed E-state index contributed by atoms with van der Waals surface area (Å²) in [6, 6.07) is 0. The molecule has 4 rings (SSSR count). The molecule has 0 aromatic rings. The highest BCUT2D eigenvalue weighted by molar-refractivity contribution is 5.66. The zero-order valence-electron chi connectivity index (χ0n) is 18.8. The van der Waals surface area contributed by atoms with Crippen LogP contribution in [0.3, 0.4) is 0 Å². The summed E-state index contributed by atoms with van der Waals surface area (Å²) in [6.07, 6.45) is 8.16. The van der Waals surface area contributed by atoms with Crippen molar-refractivity contribution in [3.63, 3.8) is 0 Å². The lowest BCUT2D eigenvalue weighted by Crippen LogP contribution is -2.62. The van der Waals surface area contributed by atoms with Crippen molar-refractivity contribution < 1.29 is 24.2 Å². The second-order valence-corrected chi connectivity index (χ2v) is 11.4. The molecule has 8 atom stereocenters. The van der Waals surface area contributed by atoms with Crippen molar-refractivity contribution in [2.24, 2.45) is 34.0 Å². The molecule has 0 saturated heterocycles. The van der Waals surface area contributed by atoms with Gasteiger partial charge in [0.15, 0.2) is 0 Å². The van der Waals surface area contributed by atoms with Gasteiger partial charge in [-0.15, -0.1) is 0 Å². The second kappa shape index (κ2) is 6.70. The maximum absolute atomic E-state index is 11.8. The quantitative estimate of drug-likeness (QED) is 0.709. The molecule has 5 heteroatoms. The minimum Gasteiger partial charge on any atom is -0.465 e. The lowest BCUT2D eigenvalue weighted by atomic mass is 9.40. The molecule has 0 amide bonds. The van der Waals surface area contributed by atoms with Crippen LogP contribution in [-0.4, -0.2) is 35.4 Å². The molecule has 4 aliphatic rings. The van der Waals surface area contributed by atoms with E-state index in [9.17, 15) is 14.7 Å². The fraction of sp³-hybridized carbons (Fsp3) is 0.917. The monoisotopic (exact) mass is 406 g/mol. The van der Waals surface area contributed by atoms with Crippen LogP contribution in [0.4, 0.5) is 0 Å². The minimum atomic E-state index is -0.534. The molecule has 0 aromatic heterocycles. The highest BCUT2D eigenvalue weighted by Gasteiger charge is 2.68. The van der Waals surface area contributed by atoms with Gasteiger partial charge >= 0.3 is 11.9 Å². The van der Waals surface area contributed by atoms with Crippen molar-refractivity contribution in [2.45, 2.75) is 97.7 Å². The molecule has 29 heavy (non-hydrogen) atoms. The van der Waals surface area contributed by atoms with Gasteiger partial charge in [-0.05, 0) is 86.9 Å². The Kier molecular flexibility index (Phi) is 4.88. The largest absolute Gasteiger partial charge is 0.465 e. The Morgan fingerprint density at radius 2 is 1.69 bits per heavy atom. The SMILES string of the molecule is CC(=O)OC[C@]1(C)[C@H]2CC[C@@]34C[C@@H](CC[C@H]3[C@]2(C)CC[C@H]1OC(C)=O)[C@](C)(O)C4.